The Morgan fingerprint density at radius 2 is 1.94 bits per heavy atom. The van der Waals surface area contributed by atoms with Gasteiger partial charge in [-0.3, -0.25) is 9.69 Å². The topological polar surface area (TPSA) is 58.4 Å². The highest BCUT2D eigenvalue weighted by molar-refractivity contribution is 7.80. The molecule has 2 rings (SSSR count). The van der Waals surface area contributed by atoms with E-state index in [4.69, 9.17) is 18.0 Å². The van der Waals surface area contributed by atoms with Crippen LogP contribution in [0, 0.1) is 5.92 Å². The molecule has 0 radical (unpaired) electrons. The van der Waals surface area contributed by atoms with E-state index in [0.717, 1.165) is 32.4 Å². The van der Waals surface area contributed by atoms with Crippen molar-refractivity contribution in [3.8, 4) is 0 Å². The summed E-state index contributed by atoms with van der Waals surface area (Å²) in [6.07, 6.45) is 5.23. The van der Waals surface area contributed by atoms with Crippen LogP contribution in [0.4, 0.5) is 0 Å². The zero-order valence-electron chi connectivity index (χ0n) is 10.2. The molecule has 1 saturated carbocycles. The van der Waals surface area contributed by atoms with Crippen LogP contribution in [0.5, 0.6) is 0 Å². The Hall–Kier alpha value is -0.680. The monoisotopic (exact) mass is 255 g/mol. The normalized spacial score (nSPS) is 22.4. The number of piperidine rings is 1. The van der Waals surface area contributed by atoms with Crippen LogP contribution in [0.25, 0.3) is 0 Å². The molecular weight excluding hydrogens is 234 g/mol. The van der Waals surface area contributed by atoms with Gasteiger partial charge in [-0.2, -0.15) is 0 Å². The second-order valence-corrected chi connectivity index (χ2v) is 5.76. The fourth-order valence-electron chi connectivity index (χ4n) is 2.33. The maximum absolute atomic E-state index is 11.7. The van der Waals surface area contributed by atoms with Crippen LogP contribution in [0.15, 0.2) is 0 Å². The zero-order chi connectivity index (χ0) is 12.3. The molecule has 0 atom stereocenters. The Morgan fingerprint density at radius 3 is 2.47 bits per heavy atom. The summed E-state index contributed by atoms with van der Waals surface area (Å²) in [5.74, 6) is 0.907. The quantitative estimate of drug-likeness (QED) is 0.708. The third-order valence-electron chi connectivity index (χ3n) is 3.50. The number of hydrogen-bond acceptors (Lipinski definition) is 3. The fraction of sp³-hybridized carbons (Fsp3) is 0.833. The molecule has 3 N–H and O–H groups in total. The number of amides is 1. The Bertz CT molecular complexity index is 296. The van der Waals surface area contributed by atoms with Gasteiger partial charge in [0.05, 0.1) is 4.99 Å². The van der Waals surface area contributed by atoms with E-state index in [1.807, 2.05) is 0 Å². The number of carbonyl (C=O) groups is 1. The van der Waals surface area contributed by atoms with Crippen molar-refractivity contribution >= 4 is 23.1 Å². The molecule has 2 aliphatic rings. The lowest BCUT2D eigenvalue weighted by atomic mass is 10.0. The van der Waals surface area contributed by atoms with E-state index in [1.165, 1.54) is 12.8 Å². The summed E-state index contributed by atoms with van der Waals surface area (Å²) in [6.45, 7) is 2.66. The Morgan fingerprint density at radius 1 is 1.29 bits per heavy atom. The molecule has 1 heterocycles. The Balaban J connectivity index is 1.64. The average Bonchev–Trinajstić information content (AvgIpc) is 3.04. The van der Waals surface area contributed by atoms with Crippen LogP contribution in [0.2, 0.25) is 0 Å². The first-order valence-electron chi connectivity index (χ1n) is 6.43. The van der Waals surface area contributed by atoms with Gasteiger partial charge in [-0.25, -0.2) is 0 Å². The number of carbonyl (C=O) groups excluding carboxylic acids is 1. The molecule has 0 bridgehead atoms. The highest BCUT2D eigenvalue weighted by Gasteiger charge is 2.26. The molecule has 1 amide bonds. The van der Waals surface area contributed by atoms with Crippen LogP contribution >= 0.6 is 12.2 Å². The Kier molecular flexibility index (Phi) is 4.34. The fourth-order valence-corrected chi connectivity index (χ4v) is 2.51. The van der Waals surface area contributed by atoms with E-state index in [9.17, 15) is 4.79 Å². The summed E-state index contributed by atoms with van der Waals surface area (Å²) in [5.41, 5.74) is 5.52. The molecule has 1 saturated heterocycles. The molecule has 96 valence electrons. The van der Waals surface area contributed by atoms with E-state index in [-0.39, 0.29) is 5.91 Å². The van der Waals surface area contributed by atoms with Gasteiger partial charge >= 0.3 is 0 Å². The van der Waals surface area contributed by atoms with Gasteiger partial charge in [-0.15, -0.1) is 0 Å². The summed E-state index contributed by atoms with van der Waals surface area (Å²) in [6, 6.07) is 0.351. The van der Waals surface area contributed by atoms with E-state index >= 15 is 0 Å². The number of hydrogen-bond donors (Lipinski definition) is 2. The van der Waals surface area contributed by atoms with E-state index < -0.39 is 0 Å². The average molecular weight is 255 g/mol. The molecule has 1 aliphatic heterocycles. The van der Waals surface area contributed by atoms with Gasteiger partial charge in [-0.05, 0) is 31.6 Å². The standard InChI is InChI=1S/C12H21N3OS/c13-11(17)8-15-5-3-10(4-6-15)14-12(16)7-9-1-2-9/h9-10H,1-8H2,(H2,13,17)(H,14,16). The smallest absolute Gasteiger partial charge is 0.220 e. The predicted octanol–water partition coefficient (Wildman–Crippen LogP) is 0.653. The predicted molar refractivity (Wildman–Crippen MR) is 71.7 cm³/mol. The number of rotatable bonds is 5. The maximum atomic E-state index is 11.7. The lowest BCUT2D eigenvalue weighted by Crippen LogP contribution is -2.46. The van der Waals surface area contributed by atoms with Crippen molar-refractivity contribution in [2.75, 3.05) is 19.6 Å². The van der Waals surface area contributed by atoms with Crippen LogP contribution < -0.4 is 11.1 Å². The van der Waals surface area contributed by atoms with Crippen LogP contribution in [0.1, 0.15) is 32.1 Å². The van der Waals surface area contributed by atoms with E-state index in [0.29, 0.717) is 23.5 Å². The molecular formula is C12H21N3OS. The number of thiocarbonyl (C=S) groups is 1. The first-order valence-corrected chi connectivity index (χ1v) is 6.84. The lowest BCUT2D eigenvalue weighted by molar-refractivity contribution is -0.122. The van der Waals surface area contributed by atoms with Gasteiger partial charge in [0, 0.05) is 32.1 Å². The van der Waals surface area contributed by atoms with Crippen molar-refractivity contribution in [3.05, 3.63) is 0 Å². The molecule has 0 spiro atoms. The van der Waals surface area contributed by atoms with E-state index in [2.05, 4.69) is 10.2 Å². The van der Waals surface area contributed by atoms with Crippen molar-refractivity contribution in [1.29, 1.82) is 0 Å². The molecule has 2 fully saturated rings. The highest BCUT2D eigenvalue weighted by atomic mass is 32.1. The maximum Gasteiger partial charge on any atom is 0.220 e. The van der Waals surface area contributed by atoms with Gasteiger partial charge in [0.2, 0.25) is 5.91 Å². The molecule has 5 heteroatoms. The van der Waals surface area contributed by atoms with E-state index in [1.54, 1.807) is 0 Å². The van der Waals surface area contributed by atoms with Crippen LogP contribution in [-0.2, 0) is 4.79 Å². The van der Waals surface area contributed by atoms with Gasteiger partial charge in [0.15, 0.2) is 0 Å². The largest absolute Gasteiger partial charge is 0.392 e. The summed E-state index contributed by atoms with van der Waals surface area (Å²) in [7, 11) is 0. The number of nitrogens with zero attached hydrogens (tertiary/aromatic N) is 1. The second-order valence-electron chi connectivity index (χ2n) is 5.23. The molecule has 1 aliphatic carbocycles. The third-order valence-corrected chi connectivity index (χ3v) is 3.63. The third kappa shape index (κ3) is 4.60. The Labute approximate surface area is 108 Å². The minimum absolute atomic E-state index is 0.236. The molecule has 4 nitrogen and oxygen atoms in total. The van der Waals surface area contributed by atoms with Crippen LogP contribution in [0.3, 0.4) is 0 Å². The van der Waals surface area contributed by atoms with Crippen molar-refractivity contribution in [2.24, 2.45) is 11.7 Å². The molecule has 0 unspecified atom stereocenters. The van der Waals surface area contributed by atoms with Crippen molar-refractivity contribution < 1.29 is 4.79 Å². The number of nitrogens with one attached hydrogen (secondary N) is 1. The summed E-state index contributed by atoms with van der Waals surface area (Å²) >= 11 is 4.90. The first-order chi connectivity index (χ1) is 8.13. The molecule has 0 aromatic carbocycles. The van der Waals surface area contributed by atoms with Crippen LogP contribution in [-0.4, -0.2) is 41.5 Å². The van der Waals surface area contributed by atoms with Gasteiger partial charge < -0.3 is 11.1 Å². The minimum Gasteiger partial charge on any atom is -0.392 e. The summed E-state index contributed by atoms with van der Waals surface area (Å²) in [5, 5.41) is 3.13. The number of nitrogens with two attached hydrogens (primary N) is 1. The number of likely N-dealkylation sites (tertiary alicyclic amines) is 1. The minimum atomic E-state index is 0.236. The molecule has 0 aromatic heterocycles. The summed E-state index contributed by atoms with van der Waals surface area (Å²) in [4.78, 5) is 14.5. The van der Waals surface area contributed by atoms with Crippen molar-refractivity contribution in [1.82, 2.24) is 10.2 Å². The first kappa shape index (κ1) is 12.8. The molecule has 0 aromatic rings. The SMILES string of the molecule is NC(=S)CN1CCC(NC(=O)CC2CC2)CC1. The second kappa shape index (κ2) is 5.78. The summed E-state index contributed by atoms with van der Waals surface area (Å²) < 4.78 is 0. The van der Waals surface area contributed by atoms with Gasteiger partial charge in [0.25, 0.3) is 0 Å². The molecule has 17 heavy (non-hydrogen) atoms. The zero-order valence-corrected chi connectivity index (χ0v) is 11.0. The van der Waals surface area contributed by atoms with Gasteiger partial charge in [-0.1, -0.05) is 12.2 Å². The highest BCUT2D eigenvalue weighted by Crippen LogP contribution is 2.32. The van der Waals surface area contributed by atoms with Gasteiger partial charge in [0.1, 0.15) is 0 Å². The van der Waals surface area contributed by atoms with Crippen molar-refractivity contribution in [2.45, 2.75) is 38.1 Å². The lowest BCUT2D eigenvalue weighted by Gasteiger charge is -2.31. The van der Waals surface area contributed by atoms with Crippen molar-refractivity contribution in [3.63, 3.8) is 0 Å².